The minimum atomic E-state index is -3.97. The SMILES string of the molecule is CCc1cc(-c2ccc(NS(=O)(=O)c3ccccc3Cl)cc2F)cc2cnc(NC3CCC(N)CC3)nc12. The van der Waals surface area contributed by atoms with E-state index < -0.39 is 15.8 Å². The van der Waals surface area contributed by atoms with E-state index >= 15 is 4.39 Å². The van der Waals surface area contributed by atoms with Crippen LogP contribution in [0.15, 0.2) is 65.7 Å². The molecule has 1 aliphatic carbocycles. The summed E-state index contributed by atoms with van der Waals surface area (Å²) in [7, 11) is -3.97. The lowest BCUT2D eigenvalue weighted by Crippen LogP contribution is -2.33. The highest BCUT2D eigenvalue weighted by molar-refractivity contribution is 7.92. The fraction of sp³-hybridized carbons (Fsp3) is 0.286. The van der Waals surface area contributed by atoms with Crippen molar-refractivity contribution in [3.8, 4) is 11.1 Å². The summed E-state index contributed by atoms with van der Waals surface area (Å²) in [5, 5.41) is 4.33. The Morgan fingerprint density at radius 3 is 2.55 bits per heavy atom. The molecule has 4 aromatic rings. The van der Waals surface area contributed by atoms with Gasteiger partial charge in [0, 0.05) is 29.2 Å². The molecule has 0 bridgehead atoms. The normalized spacial score (nSPS) is 17.9. The van der Waals surface area contributed by atoms with Crippen molar-refractivity contribution < 1.29 is 12.8 Å². The Kier molecular flexibility index (Phi) is 7.52. The number of aromatic nitrogens is 2. The molecule has 5 rings (SSSR count). The van der Waals surface area contributed by atoms with Crippen molar-refractivity contribution in [2.45, 2.75) is 56.0 Å². The highest BCUT2D eigenvalue weighted by atomic mass is 35.5. The largest absolute Gasteiger partial charge is 0.351 e. The number of nitrogens with two attached hydrogens (primary N) is 1. The molecule has 38 heavy (non-hydrogen) atoms. The predicted molar refractivity (Wildman–Crippen MR) is 150 cm³/mol. The lowest BCUT2D eigenvalue weighted by molar-refractivity contribution is 0.410. The van der Waals surface area contributed by atoms with Crippen LogP contribution in [0.1, 0.15) is 38.2 Å². The Labute approximate surface area is 226 Å². The standard InChI is InChI=1S/C28H29ClFN5O2S/c1-2-17-13-18(14-19-16-32-28(34-27(17)19)33-21-9-7-20(31)8-10-21)23-12-11-22(15-25(23)30)35-38(36,37)26-6-4-3-5-24(26)29/h3-6,11-16,20-21,35H,2,7-10,31H2,1H3,(H,32,33,34). The molecule has 1 aromatic heterocycles. The van der Waals surface area contributed by atoms with Crippen LogP contribution in [0.5, 0.6) is 0 Å². The van der Waals surface area contributed by atoms with E-state index in [-0.39, 0.29) is 21.6 Å². The Balaban J connectivity index is 1.41. The maximum Gasteiger partial charge on any atom is 0.263 e. The third kappa shape index (κ3) is 5.60. The van der Waals surface area contributed by atoms with Crippen LogP contribution in [0.4, 0.5) is 16.0 Å². The lowest BCUT2D eigenvalue weighted by Gasteiger charge is -2.26. The molecule has 1 saturated carbocycles. The summed E-state index contributed by atoms with van der Waals surface area (Å²) < 4.78 is 43.2. The molecule has 1 heterocycles. The van der Waals surface area contributed by atoms with Crippen LogP contribution >= 0.6 is 11.6 Å². The van der Waals surface area contributed by atoms with Crippen LogP contribution < -0.4 is 15.8 Å². The molecule has 4 N–H and O–H groups in total. The van der Waals surface area contributed by atoms with Gasteiger partial charge >= 0.3 is 0 Å². The topological polar surface area (TPSA) is 110 Å². The van der Waals surface area contributed by atoms with Gasteiger partial charge in [0.05, 0.1) is 16.2 Å². The monoisotopic (exact) mass is 553 g/mol. The third-order valence-corrected chi connectivity index (χ3v) is 8.79. The second-order valence-electron chi connectivity index (χ2n) is 9.61. The molecule has 198 valence electrons. The number of hydrogen-bond acceptors (Lipinski definition) is 6. The first-order valence-corrected chi connectivity index (χ1v) is 14.5. The van der Waals surface area contributed by atoms with E-state index in [2.05, 4.69) is 15.0 Å². The molecule has 0 radical (unpaired) electrons. The summed E-state index contributed by atoms with van der Waals surface area (Å²) in [5.41, 5.74) is 8.93. The Hall–Kier alpha value is -3.27. The number of nitrogens with zero attached hydrogens (tertiary/aromatic N) is 2. The molecule has 1 aliphatic rings. The Morgan fingerprint density at radius 2 is 1.84 bits per heavy atom. The summed E-state index contributed by atoms with van der Waals surface area (Å²) in [6.45, 7) is 2.03. The van der Waals surface area contributed by atoms with Crippen LogP contribution in [-0.2, 0) is 16.4 Å². The molecule has 0 atom stereocenters. The molecular formula is C28H29ClFN5O2S. The van der Waals surface area contributed by atoms with Crippen LogP contribution in [0.25, 0.3) is 22.0 Å². The second kappa shape index (κ2) is 10.8. The number of hydrogen-bond donors (Lipinski definition) is 3. The van der Waals surface area contributed by atoms with Gasteiger partial charge in [-0.05, 0) is 85.7 Å². The molecule has 1 fully saturated rings. The number of rotatable bonds is 7. The van der Waals surface area contributed by atoms with Gasteiger partial charge in [0.15, 0.2) is 0 Å². The molecule has 0 unspecified atom stereocenters. The summed E-state index contributed by atoms with van der Waals surface area (Å²) in [6.07, 6.45) is 6.42. The minimum Gasteiger partial charge on any atom is -0.351 e. The smallest absolute Gasteiger partial charge is 0.263 e. The van der Waals surface area contributed by atoms with Crippen molar-refractivity contribution in [1.29, 1.82) is 0 Å². The molecule has 7 nitrogen and oxygen atoms in total. The van der Waals surface area contributed by atoms with Gasteiger partial charge < -0.3 is 11.1 Å². The van der Waals surface area contributed by atoms with Gasteiger partial charge in [-0.25, -0.2) is 22.8 Å². The van der Waals surface area contributed by atoms with Gasteiger partial charge in [-0.3, -0.25) is 4.72 Å². The van der Waals surface area contributed by atoms with Crippen molar-refractivity contribution in [1.82, 2.24) is 9.97 Å². The number of benzene rings is 3. The van der Waals surface area contributed by atoms with E-state index in [1.165, 1.54) is 24.3 Å². The second-order valence-corrected chi connectivity index (χ2v) is 11.7. The molecule has 10 heteroatoms. The van der Waals surface area contributed by atoms with Crippen molar-refractivity contribution in [3.63, 3.8) is 0 Å². The fourth-order valence-corrected chi connectivity index (χ4v) is 6.42. The first-order chi connectivity index (χ1) is 18.2. The van der Waals surface area contributed by atoms with E-state index in [9.17, 15) is 8.42 Å². The number of anilines is 2. The third-order valence-electron chi connectivity index (χ3n) is 6.91. The zero-order valence-electron chi connectivity index (χ0n) is 20.9. The first kappa shape index (κ1) is 26.3. The van der Waals surface area contributed by atoms with Crippen LogP contribution in [0.2, 0.25) is 5.02 Å². The van der Waals surface area contributed by atoms with Crippen LogP contribution in [-0.4, -0.2) is 30.5 Å². The molecule has 0 spiro atoms. The average molecular weight is 554 g/mol. The molecule has 0 aliphatic heterocycles. The number of fused-ring (bicyclic) bond motifs is 1. The van der Waals surface area contributed by atoms with E-state index in [1.54, 1.807) is 24.4 Å². The number of halogens is 2. The van der Waals surface area contributed by atoms with Crippen molar-refractivity contribution in [3.05, 3.63) is 77.2 Å². The number of sulfonamides is 1. The highest BCUT2D eigenvalue weighted by Gasteiger charge is 2.21. The number of aryl methyl sites for hydroxylation is 1. The Bertz CT molecular complexity index is 1590. The maximum absolute atomic E-state index is 15.3. The van der Waals surface area contributed by atoms with E-state index in [4.69, 9.17) is 22.3 Å². The van der Waals surface area contributed by atoms with Crippen molar-refractivity contribution in [2.24, 2.45) is 5.73 Å². The van der Waals surface area contributed by atoms with E-state index in [0.29, 0.717) is 29.5 Å². The van der Waals surface area contributed by atoms with Crippen molar-refractivity contribution in [2.75, 3.05) is 10.0 Å². The van der Waals surface area contributed by atoms with Crippen LogP contribution in [0, 0.1) is 5.82 Å². The summed E-state index contributed by atoms with van der Waals surface area (Å²) >= 11 is 6.04. The van der Waals surface area contributed by atoms with Crippen molar-refractivity contribution >= 4 is 44.2 Å². The first-order valence-electron chi connectivity index (χ1n) is 12.6. The van der Waals surface area contributed by atoms with E-state index in [0.717, 1.165) is 42.1 Å². The molecule has 3 aromatic carbocycles. The maximum atomic E-state index is 15.3. The van der Waals surface area contributed by atoms with Gasteiger partial charge in [0.1, 0.15) is 10.7 Å². The zero-order chi connectivity index (χ0) is 26.9. The Morgan fingerprint density at radius 1 is 1.08 bits per heavy atom. The molecule has 0 amide bonds. The van der Waals surface area contributed by atoms with Gasteiger partial charge in [-0.2, -0.15) is 0 Å². The zero-order valence-corrected chi connectivity index (χ0v) is 22.5. The van der Waals surface area contributed by atoms with E-state index in [1.807, 2.05) is 19.1 Å². The van der Waals surface area contributed by atoms with Gasteiger partial charge in [-0.1, -0.05) is 30.7 Å². The minimum absolute atomic E-state index is 0.0748. The highest BCUT2D eigenvalue weighted by Crippen LogP contribution is 2.32. The molecule has 0 saturated heterocycles. The van der Waals surface area contributed by atoms with Gasteiger partial charge in [0.2, 0.25) is 5.95 Å². The van der Waals surface area contributed by atoms with Crippen LogP contribution in [0.3, 0.4) is 0 Å². The van der Waals surface area contributed by atoms with Gasteiger partial charge in [-0.15, -0.1) is 0 Å². The molecular weight excluding hydrogens is 525 g/mol. The summed E-state index contributed by atoms with van der Waals surface area (Å²) in [5.74, 6) is 0.0298. The predicted octanol–water partition coefficient (Wildman–Crippen LogP) is 6.13. The fourth-order valence-electron chi connectivity index (χ4n) is 4.85. The quantitative estimate of drug-likeness (QED) is 0.254. The average Bonchev–Trinajstić information content (AvgIpc) is 2.89. The number of nitrogens with one attached hydrogen (secondary N) is 2. The summed E-state index contributed by atoms with van der Waals surface area (Å²) in [6, 6.07) is 14.7. The lowest BCUT2D eigenvalue weighted by atomic mass is 9.92. The van der Waals surface area contributed by atoms with Gasteiger partial charge in [0.25, 0.3) is 10.0 Å². The summed E-state index contributed by atoms with van der Waals surface area (Å²) in [4.78, 5) is 9.21.